The number of hydrogen-bond donors (Lipinski definition) is 2. The molecule has 5 heteroatoms. The number of thiazole rings is 1. The van der Waals surface area contributed by atoms with E-state index in [1.165, 1.54) is 25.7 Å². The van der Waals surface area contributed by atoms with Crippen molar-refractivity contribution in [2.45, 2.75) is 51.5 Å². The summed E-state index contributed by atoms with van der Waals surface area (Å²) in [6.07, 6.45) is 5.05. The Bertz CT molecular complexity index is 438. The van der Waals surface area contributed by atoms with Crippen LogP contribution in [0.5, 0.6) is 0 Å². The number of nitrogens with zero attached hydrogens (tertiary/aromatic N) is 1. The van der Waals surface area contributed by atoms with Crippen molar-refractivity contribution in [1.82, 2.24) is 15.6 Å². The Morgan fingerprint density at radius 3 is 2.79 bits per heavy atom. The van der Waals surface area contributed by atoms with Crippen LogP contribution in [0.3, 0.4) is 0 Å². The van der Waals surface area contributed by atoms with E-state index in [9.17, 15) is 4.79 Å². The zero-order valence-electron chi connectivity index (χ0n) is 12.0. The molecule has 1 aliphatic carbocycles. The molecule has 0 radical (unpaired) electrons. The van der Waals surface area contributed by atoms with E-state index in [1.54, 1.807) is 11.3 Å². The fourth-order valence-electron chi connectivity index (χ4n) is 2.40. The molecule has 0 aliphatic heterocycles. The normalized spacial score (nSPS) is 17.6. The molecule has 1 atom stereocenters. The van der Waals surface area contributed by atoms with Gasteiger partial charge in [-0.15, -0.1) is 11.3 Å². The Morgan fingerprint density at radius 1 is 1.47 bits per heavy atom. The van der Waals surface area contributed by atoms with Gasteiger partial charge in [-0.25, -0.2) is 4.98 Å². The van der Waals surface area contributed by atoms with Gasteiger partial charge in [-0.2, -0.15) is 0 Å². The summed E-state index contributed by atoms with van der Waals surface area (Å²) < 4.78 is 0. The van der Waals surface area contributed by atoms with Crippen molar-refractivity contribution < 1.29 is 4.79 Å². The summed E-state index contributed by atoms with van der Waals surface area (Å²) >= 11 is 1.58. The molecule has 19 heavy (non-hydrogen) atoms. The molecular weight excluding hydrogens is 258 g/mol. The number of carbonyl (C=O) groups is 1. The minimum atomic E-state index is 0.0151. The van der Waals surface area contributed by atoms with Gasteiger partial charge in [0.15, 0.2) is 0 Å². The Morgan fingerprint density at radius 2 is 2.16 bits per heavy atom. The summed E-state index contributed by atoms with van der Waals surface area (Å²) in [6, 6.07) is 0.284. The third kappa shape index (κ3) is 3.54. The van der Waals surface area contributed by atoms with Crippen LogP contribution >= 0.6 is 11.3 Å². The van der Waals surface area contributed by atoms with Gasteiger partial charge < -0.3 is 10.6 Å². The van der Waals surface area contributed by atoms with Gasteiger partial charge >= 0.3 is 0 Å². The smallest absolute Gasteiger partial charge is 0.263 e. The van der Waals surface area contributed by atoms with Gasteiger partial charge in [-0.1, -0.05) is 12.8 Å². The van der Waals surface area contributed by atoms with E-state index in [0.717, 1.165) is 15.6 Å². The summed E-state index contributed by atoms with van der Waals surface area (Å²) in [6.45, 7) is 4.63. The monoisotopic (exact) mass is 281 g/mol. The van der Waals surface area contributed by atoms with Gasteiger partial charge in [0.05, 0.1) is 10.7 Å². The number of aryl methyl sites for hydroxylation is 1. The van der Waals surface area contributed by atoms with Crippen molar-refractivity contribution in [2.75, 3.05) is 13.6 Å². The van der Waals surface area contributed by atoms with Crippen LogP contribution in [0.2, 0.25) is 0 Å². The van der Waals surface area contributed by atoms with Crippen molar-refractivity contribution in [3.63, 3.8) is 0 Å². The van der Waals surface area contributed by atoms with Gasteiger partial charge in [-0.3, -0.25) is 4.79 Å². The lowest BCUT2D eigenvalue weighted by Crippen LogP contribution is -2.37. The van der Waals surface area contributed by atoms with E-state index in [-0.39, 0.29) is 11.9 Å². The maximum atomic E-state index is 12.1. The first-order chi connectivity index (χ1) is 9.11. The number of likely N-dealkylation sites (N-methyl/N-ethyl adjacent to an activating group) is 1. The molecule has 0 aromatic carbocycles. The van der Waals surface area contributed by atoms with Crippen molar-refractivity contribution in [3.8, 4) is 0 Å². The molecule has 1 unspecified atom stereocenters. The minimum absolute atomic E-state index is 0.0151. The molecule has 0 spiro atoms. The predicted octanol–water partition coefficient (Wildman–Crippen LogP) is 2.45. The molecule has 1 saturated carbocycles. The third-order valence-corrected chi connectivity index (χ3v) is 5.10. The molecule has 2 N–H and O–H groups in total. The topological polar surface area (TPSA) is 54.0 Å². The average Bonchev–Trinajstić information content (AvgIpc) is 3.04. The third-order valence-electron chi connectivity index (χ3n) is 3.79. The van der Waals surface area contributed by atoms with E-state index in [0.29, 0.717) is 12.5 Å². The van der Waals surface area contributed by atoms with Crippen LogP contribution in [0.15, 0.2) is 0 Å². The Hall–Kier alpha value is -0.940. The molecule has 1 aromatic heterocycles. The Kier molecular flexibility index (Phi) is 4.93. The molecule has 1 aliphatic rings. The number of hydrogen-bond acceptors (Lipinski definition) is 4. The quantitative estimate of drug-likeness (QED) is 0.871. The average molecular weight is 281 g/mol. The largest absolute Gasteiger partial charge is 0.350 e. The molecule has 106 valence electrons. The van der Waals surface area contributed by atoms with E-state index in [4.69, 9.17) is 0 Å². The van der Waals surface area contributed by atoms with Crippen molar-refractivity contribution in [2.24, 2.45) is 0 Å². The van der Waals surface area contributed by atoms with Crippen LogP contribution in [0, 0.1) is 6.92 Å². The summed E-state index contributed by atoms with van der Waals surface area (Å²) in [5.74, 6) is 0.600. The zero-order chi connectivity index (χ0) is 13.8. The minimum Gasteiger partial charge on any atom is -0.350 e. The lowest BCUT2D eigenvalue weighted by molar-refractivity contribution is 0.0954. The van der Waals surface area contributed by atoms with E-state index in [1.807, 2.05) is 20.9 Å². The van der Waals surface area contributed by atoms with E-state index in [2.05, 4.69) is 15.6 Å². The highest BCUT2D eigenvalue weighted by atomic mass is 32.1. The molecule has 1 aromatic rings. The molecule has 4 nitrogen and oxygen atoms in total. The van der Waals surface area contributed by atoms with Gasteiger partial charge in [0.1, 0.15) is 4.88 Å². The second-order valence-electron chi connectivity index (χ2n) is 5.35. The van der Waals surface area contributed by atoms with Gasteiger partial charge in [0.25, 0.3) is 5.91 Å². The highest BCUT2D eigenvalue weighted by Crippen LogP contribution is 2.37. The first-order valence-corrected chi connectivity index (χ1v) is 7.86. The highest BCUT2D eigenvalue weighted by Gasteiger charge is 2.23. The van der Waals surface area contributed by atoms with Crippen LogP contribution in [0.1, 0.15) is 58.9 Å². The fourth-order valence-corrected chi connectivity index (χ4v) is 3.56. The zero-order valence-corrected chi connectivity index (χ0v) is 12.8. The lowest BCUT2D eigenvalue weighted by atomic mass is 10.1. The maximum Gasteiger partial charge on any atom is 0.263 e. The first-order valence-electron chi connectivity index (χ1n) is 7.04. The molecule has 0 saturated heterocycles. The predicted molar refractivity (Wildman–Crippen MR) is 78.9 cm³/mol. The molecule has 2 rings (SSSR count). The number of nitrogens with one attached hydrogen (secondary N) is 2. The summed E-state index contributed by atoms with van der Waals surface area (Å²) in [4.78, 5) is 17.5. The fraction of sp³-hybridized carbons (Fsp3) is 0.714. The summed E-state index contributed by atoms with van der Waals surface area (Å²) in [5.41, 5.74) is 0.876. The summed E-state index contributed by atoms with van der Waals surface area (Å²) in [7, 11) is 1.90. The maximum absolute atomic E-state index is 12.1. The van der Waals surface area contributed by atoms with Crippen molar-refractivity contribution in [1.29, 1.82) is 0 Å². The van der Waals surface area contributed by atoms with E-state index >= 15 is 0 Å². The molecule has 1 fully saturated rings. The van der Waals surface area contributed by atoms with Gasteiger partial charge in [-0.05, 0) is 33.7 Å². The number of aromatic nitrogens is 1. The molecule has 0 bridgehead atoms. The van der Waals surface area contributed by atoms with Crippen LogP contribution in [-0.2, 0) is 0 Å². The lowest BCUT2D eigenvalue weighted by Gasteiger charge is -2.10. The summed E-state index contributed by atoms with van der Waals surface area (Å²) in [5, 5.41) is 7.23. The standard InChI is InChI=1S/C14H23N3OS/c1-9(15-3)8-16-13(18)12-10(2)17-14(19-12)11-6-4-5-7-11/h9,11,15H,4-8H2,1-3H3,(H,16,18). The van der Waals surface area contributed by atoms with Crippen molar-refractivity contribution >= 4 is 17.2 Å². The van der Waals surface area contributed by atoms with Crippen molar-refractivity contribution in [3.05, 3.63) is 15.6 Å². The Balaban J connectivity index is 2.01. The Labute approximate surface area is 119 Å². The highest BCUT2D eigenvalue weighted by molar-refractivity contribution is 7.13. The molecular formula is C14H23N3OS. The number of carbonyl (C=O) groups excluding carboxylic acids is 1. The number of amides is 1. The van der Waals surface area contributed by atoms with Crippen LogP contribution < -0.4 is 10.6 Å². The van der Waals surface area contributed by atoms with Gasteiger partial charge in [0, 0.05) is 18.5 Å². The second-order valence-corrected chi connectivity index (χ2v) is 6.38. The molecule has 1 amide bonds. The van der Waals surface area contributed by atoms with Gasteiger partial charge in [0.2, 0.25) is 0 Å². The first kappa shape index (κ1) is 14.5. The van der Waals surface area contributed by atoms with Crippen LogP contribution in [-0.4, -0.2) is 30.5 Å². The van der Waals surface area contributed by atoms with E-state index < -0.39 is 0 Å². The number of rotatable bonds is 5. The van der Waals surface area contributed by atoms with Crippen LogP contribution in [0.25, 0.3) is 0 Å². The SMILES string of the molecule is CNC(C)CNC(=O)c1sc(C2CCCC2)nc1C. The van der Waals surface area contributed by atoms with Crippen LogP contribution in [0.4, 0.5) is 0 Å². The molecule has 1 heterocycles. The second kappa shape index (κ2) is 6.48.